The van der Waals surface area contributed by atoms with Crippen LogP contribution in [0.5, 0.6) is 0 Å². The molecular formula is C19H21BrN2O. The molecule has 120 valence electrons. The Morgan fingerprint density at radius 3 is 2.70 bits per heavy atom. The normalized spacial score (nSPS) is 19.3. The van der Waals surface area contributed by atoms with Gasteiger partial charge in [-0.3, -0.25) is 4.79 Å². The number of aryl methyl sites for hydroxylation is 1. The highest BCUT2D eigenvalue weighted by molar-refractivity contribution is 9.10. The molecular weight excluding hydrogens is 352 g/mol. The van der Waals surface area contributed by atoms with Gasteiger partial charge < -0.3 is 10.2 Å². The van der Waals surface area contributed by atoms with E-state index in [1.54, 1.807) is 0 Å². The average Bonchev–Trinajstić information content (AvgIpc) is 3.34. The number of anilines is 1. The number of carbonyl (C=O) groups excluding carboxylic acids is 1. The van der Waals surface area contributed by atoms with Crippen molar-refractivity contribution in [3.63, 3.8) is 0 Å². The Kier molecular flexibility index (Phi) is 4.71. The SMILES string of the molecule is Cc1cc(Br)ccc1NCC(=O)N(C)C1CC1c1ccccc1. The van der Waals surface area contributed by atoms with Gasteiger partial charge in [-0.15, -0.1) is 0 Å². The molecule has 2 atom stereocenters. The van der Waals surface area contributed by atoms with Crippen LogP contribution in [0.2, 0.25) is 0 Å². The summed E-state index contributed by atoms with van der Waals surface area (Å²) in [5, 5.41) is 3.25. The monoisotopic (exact) mass is 372 g/mol. The summed E-state index contributed by atoms with van der Waals surface area (Å²) in [5.41, 5.74) is 3.46. The van der Waals surface area contributed by atoms with Crippen LogP contribution >= 0.6 is 15.9 Å². The van der Waals surface area contributed by atoms with Gasteiger partial charge in [0.2, 0.25) is 5.91 Å². The Morgan fingerprint density at radius 2 is 2.00 bits per heavy atom. The van der Waals surface area contributed by atoms with E-state index >= 15 is 0 Å². The quantitative estimate of drug-likeness (QED) is 0.853. The summed E-state index contributed by atoms with van der Waals surface area (Å²) in [4.78, 5) is 14.3. The van der Waals surface area contributed by atoms with Gasteiger partial charge in [0.05, 0.1) is 6.54 Å². The van der Waals surface area contributed by atoms with Crippen LogP contribution in [-0.4, -0.2) is 30.4 Å². The van der Waals surface area contributed by atoms with E-state index in [1.807, 2.05) is 43.1 Å². The van der Waals surface area contributed by atoms with E-state index < -0.39 is 0 Å². The van der Waals surface area contributed by atoms with Gasteiger partial charge in [-0.25, -0.2) is 0 Å². The van der Waals surface area contributed by atoms with Crippen LogP contribution in [0.1, 0.15) is 23.5 Å². The second-order valence-electron chi connectivity index (χ2n) is 6.14. The van der Waals surface area contributed by atoms with E-state index in [0.717, 1.165) is 22.1 Å². The number of hydrogen-bond donors (Lipinski definition) is 1. The van der Waals surface area contributed by atoms with Crippen LogP contribution in [0.4, 0.5) is 5.69 Å². The molecule has 1 saturated carbocycles. The molecule has 0 radical (unpaired) electrons. The number of carbonyl (C=O) groups is 1. The maximum absolute atomic E-state index is 12.4. The zero-order chi connectivity index (χ0) is 16.4. The molecule has 0 aliphatic heterocycles. The van der Waals surface area contributed by atoms with Crippen LogP contribution < -0.4 is 5.32 Å². The van der Waals surface area contributed by atoms with Crippen LogP contribution in [0.15, 0.2) is 53.0 Å². The molecule has 0 spiro atoms. The molecule has 2 unspecified atom stereocenters. The summed E-state index contributed by atoms with van der Waals surface area (Å²) < 4.78 is 1.05. The number of hydrogen-bond acceptors (Lipinski definition) is 2. The van der Waals surface area contributed by atoms with Crippen molar-refractivity contribution >= 4 is 27.5 Å². The zero-order valence-corrected chi connectivity index (χ0v) is 15.0. The van der Waals surface area contributed by atoms with Gasteiger partial charge in [0.1, 0.15) is 0 Å². The average molecular weight is 373 g/mol. The first-order valence-corrected chi connectivity index (χ1v) is 8.66. The van der Waals surface area contributed by atoms with Crippen molar-refractivity contribution in [3.8, 4) is 0 Å². The molecule has 1 aliphatic rings. The fourth-order valence-electron chi connectivity index (χ4n) is 2.97. The lowest BCUT2D eigenvalue weighted by Crippen LogP contribution is -2.34. The Morgan fingerprint density at radius 1 is 1.26 bits per heavy atom. The number of benzene rings is 2. The standard InChI is InChI=1S/C19H21BrN2O/c1-13-10-15(20)8-9-17(13)21-12-19(23)22(2)18-11-16(18)14-6-4-3-5-7-14/h3-10,16,18,21H,11-12H2,1-2H3. The molecule has 2 aromatic rings. The maximum Gasteiger partial charge on any atom is 0.241 e. The van der Waals surface area contributed by atoms with E-state index in [0.29, 0.717) is 18.5 Å². The Hall–Kier alpha value is -1.81. The third kappa shape index (κ3) is 3.75. The van der Waals surface area contributed by atoms with E-state index in [-0.39, 0.29) is 5.91 Å². The van der Waals surface area contributed by atoms with Crippen molar-refractivity contribution < 1.29 is 4.79 Å². The molecule has 23 heavy (non-hydrogen) atoms. The maximum atomic E-state index is 12.4. The number of amides is 1. The highest BCUT2D eigenvalue weighted by atomic mass is 79.9. The first kappa shape index (κ1) is 16.1. The highest BCUT2D eigenvalue weighted by Crippen LogP contribution is 2.44. The number of likely N-dealkylation sites (N-methyl/N-ethyl adjacent to an activating group) is 1. The largest absolute Gasteiger partial charge is 0.376 e. The molecule has 1 N–H and O–H groups in total. The van der Waals surface area contributed by atoms with Crippen molar-refractivity contribution in [3.05, 3.63) is 64.1 Å². The van der Waals surface area contributed by atoms with E-state index in [1.165, 1.54) is 5.56 Å². The second-order valence-corrected chi connectivity index (χ2v) is 7.05. The third-order valence-electron chi connectivity index (χ3n) is 4.49. The lowest BCUT2D eigenvalue weighted by Gasteiger charge is -2.19. The third-order valence-corrected chi connectivity index (χ3v) is 4.99. The smallest absolute Gasteiger partial charge is 0.241 e. The summed E-state index contributed by atoms with van der Waals surface area (Å²) in [7, 11) is 1.91. The molecule has 3 nitrogen and oxygen atoms in total. The van der Waals surface area contributed by atoms with E-state index in [9.17, 15) is 4.79 Å². The molecule has 1 aliphatic carbocycles. The van der Waals surface area contributed by atoms with Crippen LogP contribution in [-0.2, 0) is 4.79 Å². The number of rotatable bonds is 5. The molecule has 0 saturated heterocycles. The second kappa shape index (κ2) is 6.75. The molecule has 3 rings (SSSR count). The molecule has 1 amide bonds. The predicted octanol–water partition coefficient (Wildman–Crippen LogP) is 4.18. The summed E-state index contributed by atoms with van der Waals surface area (Å²) >= 11 is 3.45. The first-order valence-electron chi connectivity index (χ1n) is 7.87. The topological polar surface area (TPSA) is 32.3 Å². The Bertz CT molecular complexity index is 702. The van der Waals surface area contributed by atoms with Gasteiger partial charge in [0, 0.05) is 29.2 Å². The molecule has 0 aromatic heterocycles. The Labute approximate surface area is 145 Å². The van der Waals surface area contributed by atoms with E-state index in [4.69, 9.17) is 0 Å². The first-order chi connectivity index (χ1) is 11.1. The van der Waals surface area contributed by atoms with Crippen molar-refractivity contribution in [2.45, 2.75) is 25.3 Å². The number of nitrogens with zero attached hydrogens (tertiary/aromatic N) is 1. The summed E-state index contributed by atoms with van der Waals surface area (Å²) in [5.74, 6) is 0.621. The minimum atomic E-state index is 0.135. The minimum absolute atomic E-state index is 0.135. The van der Waals surface area contributed by atoms with Crippen LogP contribution in [0.3, 0.4) is 0 Å². The molecule has 0 heterocycles. The lowest BCUT2D eigenvalue weighted by molar-refractivity contribution is -0.128. The fourth-order valence-corrected chi connectivity index (χ4v) is 3.45. The van der Waals surface area contributed by atoms with Gasteiger partial charge in [-0.1, -0.05) is 46.3 Å². The van der Waals surface area contributed by atoms with Gasteiger partial charge >= 0.3 is 0 Å². The summed E-state index contributed by atoms with van der Waals surface area (Å²) in [6.45, 7) is 2.37. The van der Waals surface area contributed by atoms with Crippen molar-refractivity contribution in [1.29, 1.82) is 0 Å². The van der Waals surface area contributed by atoms with Crippen LogP contribution in [0.25, 0.3) is 0 Å². The van der Waals surface area contributed by atoms with Crippen molar-refractivity contribution in [1.82, 2.24) is 4.90 Å². The van der Waals surface area contributed by atoms with Gasteiger partial charge in [0.15, 0.2) is 0 Å². The van der Waals surface area contributed by atoms with Crippen LogP contribution in [0, 0.1) is 6.92 Å². The minimum Gasteiger partial charge on any atom is -0.376 e. The van der Waals surface area contributed by atoms with E-state index in [2.05, 4.69) is 45.5 Å². The number of halogens is 1. The number of nitrogens with one attached hydrogen (secondary N) is 1. The van der Waals surface area contributed by atoms with Crippen molar-refractivity contribution in [2.75, 3.05) is 18.9 Å². The van der Waals surface area contributed by atoms with Gasteiger partial charge in [0.25, 0.3) is 0 Å². The summed E-state index contributed by atoms with van der Waals surface area (Å²) in [6, 6.07) is 16.8. The highest BCUT2D eigenvalue weighted by Gasteiger charge is 2.42. The summed E-state index contributed by atoms with van der Waals surface area (Å²) in [6.07, 6.45) is 1.06. The zero-order valence-electron chi connectivity index (χ0n) is 13.4. The molecule has 1 fully saturated rings. The lowest BCUT2D eigenvalue weighted by atomic mass is 10.1. The fraction of sp³-hybridized carbons (Fsp3) is 0.316. The Balaban J connectivity index is 1.55. The van der Waals surface area contributed by atoms with Crippen molar-refractivity contribution in [2.24, 2.45) is 0 Å². The molecule has 4 heteroatoms. The molecule has 2 aromatic carbocycles. The molecule has 0 bridgehead atoms. The predicted molar refractivity (Wildman–Crippen MR) is 97.7 cm³/mol. The van der Waals surface area contributed by atoms with Gasteiger partial charge in [-0.2, -0.15) is 0 Å². The van der Waals surface area contributed by atoms with Gasteiger partial charge in [-0.05, 0) is 42.7 Å².